The maximum absolute atomic E-state index is 5.46. The van der Waals surface area contributed by atoms with Crippen LogP contribution in [-0.4, -0.2) is 16.6 Å². The standard InChI is InChI=1S/C10H11N2O/c1-2-5-13-8-3-4-9-10(6-8)12-7-11-9/h3-4,6H,2,5H2,1H3,(H,11,12). The molecule has 0 spiro atoms. The van der Waals surface area contributed by atoms with E-state index in [-0.39, 0.29) is 0 Å². The molecule has 1 aromatic heterocycles. The first-order valence-electron chi connectivity index (χ1n) is 4.39. The summed E-state index contributed by atoms with van der Waals surface area (Å²) in [6, 6.07) is 5.80. The van der Waals surface area contributed by atoms with E-state index in [0.29, 0.717) is 0 Å². The van der Waals surface area contributed by atoms with Crippen molar-refractivity contribution in [1.29, 1.82) is 0 Å². The van der Waals surface area contributed by atoms with Gasteiger partial charge in [-0.25, -0.2) is 4.98 Å². The van der Waals surface area contributed by atoms with Crippen molar-refractivity contribution >= 4 is 11.0 Å². The van der Waals surface area contributed by atoms with Gasteiger partial charge in [-0.1, -0.05) is 6.92 Å². The molecule has 3 heteroatoms. The Kier molecular flexibility index (Phi) is 2.17. The van der Waals surface area contributed by atoms with E-state index in [1.807, 2.05) is 18.2 Å². The molecule has 0 aliphatic carbocycles. The summed E-state index contributed by atoms with van der Waals surface area (Å²) in [5.74, 6) is 0.870. The second-order valence-corrected chi connectivity index (χ2v) is 2.88. The molecule has 0 saturated carbocycles. The van der Waals surface area contributed by atoms with Crippen molar-refractivity contribution < 1.29 is 4.74 Å². The smallest absolute Gasteiger partial charge is 0.174 e. The van der Waals surface area contributed by atoms with Crippen molar-refractivity contribution in [2.24, 2.45) is 0 Å². The van der Waals surface area contributed by atoms with Crippen molar-refractivity contribution in [1.82, 2.24) is 9.97 Å². The second kappa shape index (κ2) is 3.47. The van der Waals surface area contributed by atoms with Gasteiger partial charge in [-0.3, -0.25) is 0 Å². The van der Waals surface area contributed by atoms with Gasteiger partial charge in [-0.2, -0.15) is 0 Å². The third-order valence-corrected chi connectivity index (χ3v) is 1.81. The minimum atomic E-state index is 0.750. The van der Waals surface area contributed by atoms with E-state index in [2.05, 4.69) is 23.2 Å². The van der Waals surface area contributed by atoms with Gasteiger partial charge in [-0.15, -0.1) is 0 Å². The van der Waals surface area contributed by atoms with Crippen LogP contribution in [0.3, 0.4) is 0 Å². The molecule has 1 heterocycles. The number of benzene rings is 1. The highest BCUT2D eigenvalue weighted by Gasteiger charge is 1.98. The van der Waals surface area contributed by atoms with Crippen LogP contribution in [0.2, 0.25) is 0 Å². The molecule has 0 saturated heterocycles. The number of nitrogens with zero attached hydrogens (tertiary/aromatic N) is 1. The van der Waals surface area contributed by atoms with Gasteiger partial charge in [0, 0.05) is 6.07 Å². The third-order valence-electron chi connectivity index (χ3n) is 1.81. The number of imidazole rings is 1. The summed E-state index contributed by atoms with van der Waals surface area (Å²) >= 11 is 0. The van der Waals surface area contributed by atoms with E-state index < -0.39 is 0 Å². The number of ether oxygens (including phenoxy) is 1. The highest BCUT2D eigenvalue weighted by molar-refractivity contribution is 5.75. The molecule has 0 bridgehead atoms. The van der Waals surface area contributed by atoms with Crippen LogP contribution < -0.4 is 4.74 Å². The zero-order valence-corrected chi connectivity index (χ0v) is 7.50. The van der Waals surface area contributed by atoms with Crippen LogP contribution in [-0.2, 0) is 0 Å². The predicted octanol–water partition coefficient (Wildman–Crippen LogP) is 2.15. The maximum atomic E-state index is 5.46. The number of rotatable bonds is 3. The van der Waals surface area contributed by atoms with Gasteiger partial charge in [0.25, 0.3) is 0 Å². The van der Waals surface area contributed by atoms with Crippen molar-refractivity contribution in [3.63, 3.8) is 0 Å². The summed E-state index contributed by atoms with van der Waals surface area (Å²) in [6.07, 6.45) is 3.71. The van der Waals surface area contributed by atoms with Crippen LogP contribution in [0.4, 0.5) is 0 Å². The van der Waals surface area contributed by atoms with Gasteiger partial charge < -0.3 is 9.72 Å². The maximum Gasteiger partial charge on any atom is 0.174 e. The van der Waals surface area contributed by atoms with Crippen molar-refractivity contribution in [2.45, 2.75) is 13.3 Å². The Morgan fingerprint density at radius 3 is 3.31 bits per heavy atom. The SMILES string of the molecule is CCCOc1ccc2[nH][c]nc2c1. The van der Waals surface area contributed by atoms with Crippen LogP contribution in [0, 0.1) is 6.33 Å². The summed E-state index contributed by atoms with van der Waals surface area (Å²) < 4.78 is 5.46. The minimum absolute atomic E-state index is 0.750. The van der Waals surface area contributed by atoms with Gasteiger partial charge in [0.05, 0.1) is 17.6 Å². The molecule has 0 atom stereocenters. The van der Waals surface area contributed by atoms with Crippen molar-refractivity contribution in [2.75, 3.05) is 6.61 Å². The Morgan fingerprint density at radius 2 is 2.46 bits per heavy atom. The van der Waals surface area contributed by atoms with E-state index in [1.165, 1.54) is 0 Å². The number of hydrogen-bond donors (Lipinski definition) is 1. The molecule has 1 aromatic carbocycles. The van der Waals surface area contributed by atoms with E-state index in [1.54, 1.807) is 0 Å². The lowest BCUT2D eigenvalue weighted by atomic mass is 10.3. The van der Waals surface area contributed by atoms with Gasteiger partial charge in [0.1, 0.15) is 5.75 Å². The fourth-order valence-electron chi connectivity index (χ4n) is 1.17. The first kappa shape index (κ1) is 8.10. The average Bonchev–Trinajstić information content (AvgIpc) is 2.61. The lowest BCUT2D eigenvalue weighted by molar-refractivity contribution is 0.318. The van der Waals surface area contributed by atoms with E-state index in [4.69, 9.17) is 4.74 Å². The normalized spacial score (nSPS) is 10.5. The number of nitrogens with one attached hydrogen (secondary N) is 1. The Morgan fingerprint density at radius 1 is 1.54 bits per heavy atom. The molecule has 0 aliphatic rings. The number of aromatic nitrogens is 2. The summed E-state index contributed by atoms with van der Waals surface area (Å²) in [5.41, 5.74) is 1.89. The molecule has 67 valence electrons. The topological polar surface area (TPSA) is 37.9 Å². The fraction of sp³-hybridized carbons (Fsp3) is 0.300. The van der Waals surface area contributed by atoms with Crippen LogP contribution in [0.5, 0.6) is 5.75 Å². The lowest BCUT2D eigenvalue weighted by Gasteiger charge is -2.02. The van der Waals surface area contributed by atoms with Crippen LogP contribution in [0.15, 0.2) is 18.2 Å². The van der Waals surface area contributed by atoms with Gasteiger partial charge in [0.15, 0.2) is 6.33 Å². The van der Waals surface area contributed by atoms with E-state index in [9.17, 15) is 0 Å². The molecule has 1 N–H and O–H groups in total. The van der Waals surface area contributed by atoms with E-state index >= 15 is 0 Å². The molecular weight excluding hydrogens is 164 g/mol. The summed E-state index contributed by atoms with van der Waals surface area (Å²) in [5, 5.41) is 0. The average molecular weight is 175 g/mol. The first-order valence-corrected chi connectivity index (χ1v) is 4.39. The van der Waals surface area contributed by atoms with Crippen molar-refractivity contribution in [3.05, 3.63) is 24.5 Å². The molecule has 0 unspecified atom stereocenters. The Hall–Kier alpha value is -1.51. The predicted molar refractivity (Wildman–Crippen MR) is 50.7 cm³/mol. The Balaban J connectivity index is 2.26. The van der Waals surface area contributed by atoms with Crippen LogP contribution in [0.1, 0.15) is 13.3 Å². The molecule has 2 aromatic rings. The summed E-state index contributed by atoms with van der Waals surface area (Å²) in [4.78, 5) is 6.94. The number of H-pyrrole nitrogens is 1. The van der Waals surface area contributed by atoms with Gasteiger partial charge in [0.2, 0.25) is 0 Å². The fourth-order valence-corrected chi connectivity index (χ4v) is 1.17. The number of hydrogen-bond acceptors (Lipinski definition) is 2. The Labute approximate surface area is 76.8 Å². The number of fused-ring (bicyclic) bond motifs is 1. The highest BCUT2D eigenvalue weighted by atomic mass is 16.5. The van der Waals surface area contributed by atoms with E-state index in [0.717, 1.165) is 29.8 Å². The van der Waals surface area contributed by atoms with Crippen LogP contribution >= 0.6 is 0 Å². The molecule has 13 heavy (non-hydrogen) atoms. The highest BCUT2D eigenvalue weighted by Crippen LogP contribution is 2.17. The zero-order chi connectivity index (χ0) is 9.10. The molecule has 2 rings (SSSR count). The second-order valence-electron chi connectivity index (χ2n) is 2.88. The van der Waals surface area contributed by atoms with Gasteiger partial charge >= 0.3 is 0 Å². The molecule has 0 amide bonds. The monoisotopic (exact) mass is 175 g/mol. The quantitative estimate of drug-likeness (QED) is 0.776. The largest absolute Gasteiger partial charge is 0.494 e. The van der Waals surface area contributed by atoms with Crippen LogP contribution in [0.25, 0.3) is 11.0 Å². The molecule has 0 fully saturated rings. The molecule has 1 radical (unpaired) electrons. The Bertz CT molecular complexity index is 394. The zero-order valence-electron chi connectivity index (χ0n) is 7.50. The van der Waals surface area contributed by atoms with Gasteiger partial charge in [-0.05, 0) is 18.6 Å². The minimum Gasteiger partial charge on any atom is -0.494 e. The lowest BCUT2D eigenvalue weighted by Crippen LogP contribution is -1.94. The summed E-state index contributed by atoms with van der Waals surface area (Å²) in [7, 11) is 0. The first-order chi connectivity index (χ1) is 6.40. The van der Waals surface area contributed by atoms with Crippen molar-refractivity contribution in [3.8, 4) is 5.75 Å². The molecule has 3 nitrogen and oxygen atoms in total. The third kappa shape index (κ3) is 1.64. The molecule has 0 aliphatic heterocycles. The molecular formula is C10H11N2O. The summed E-state index contributed by atoms with van der Waals surface area (Å²) in [6.45, 7) is 2.83. The number of aromatic amines is 1.